The van der Waals surface area contributed by atoms with Gasteiger partial charge < -0.3 is 24.9 Å². The van der Waals surface area contributed by atoms with Crippen LogP contribution in [0.1, 0.15) is 42.7 Å². The number of aromatic amines is 1. The molecule has 2 aromatic carbocycles. The molecule has 0 radical (unpaired) electrons. The summed E-state index contributed by atoms with van der Waals surface area (Å²) in [5.41, 5.74) is 9.64. The molecule has 4 heterocycles. The number of likely N-dealkylation sites (tertiary alicyclic amines) is 1. The van der Waals surface area contributed by atoms with Crippen LogP contribution < -0.4 is 15.2 Å². The molecule has 2 saturated heterocycles. The number of para-hydroxylation sites is 1. The first-order chi connectivity index (χ1) is 21.7. The molecule has 2 aliphatic heterocycles. The number of nitrogens with one attached hydrogen (secondary N) is 1. The number of fused-ring (bicyclic) bond motifs is 1. The number of carbonyl (C=O) groups is 1. The predicted octanol–water partition coefficient (Wildman–Crippen LogP) is 6.21. The molecule has 3 N–H and O–H groups in total. The van der Waals surface area contributed by atoms with Gasteiger partial charge in [0.05, 0.1) is 46.9 Å². The number of ketones is 1. The summed E-state index contributed by atoms with van der Waals surface area (Å²) >= 11 is 3.66. The fourth-order valence-electron chi connectivity index (χ4n) is 6.35. The number of hydrogen-bond acceptors (Lipinski definition) is 7. The van der Waals surface area contributed by atoms with E-state index in [-0.39, 0.29) is 35.5 Å². The van der Waals surface area contributed by atoms with E-state index in [9.17, 15) is 9.18 Å². The number of H-pyrrole nitrogens is 1. The lowest BCUT2D eigenvalue weighted by Crippen LogP contribution is -2.52. The zero-order valence-corrected chi connectivity index (χ0v) is 26.7. The molecule has 1 aliphatic carbocycles. The lowest BCUT2D eigenvalue weighted by Gasteiger charge is -2.41. The van der Waals surface area contributed by atoms with Crippen molar-refractivity contribution in [2.45, 2.75) is 44.9 Å². The number of nitrogens with two attached hydrogens (primary N) is 1. The molecular formula is C34H35BrFN5O4. The second-order valence-corrected chi connectivity index (χ2v) is 12.9. The molecule has 0 bridgehead atoms. The summed E-state index contributed by atoms with van der Waals surface area (Å²) in [5.74, 6) is 0.439. The number of ether oxygens (including phenoxy) is 3. The Balaban J connectivity index is 1.06. The number of piperidine rings is 1. The first-order valence-electron chi connectivity index (χ1n) is 15.3. The van der Waals surface area contributed by atoms with E-state index in [0.29, 0.717) is 17.3 Å². The van der Waals surface area contributed by atoms with Gasteiger partial charge in [-0.1, -0.05) is 25.1 Å². The van der Waals surface area contributed by atoms with Gasteiger partial charge in [0.1, 0.15) is 23.8 Å². The first kappa shape index (κ1) is 29.8. The van der Waals surface area contributed by atoms with Crippen LogP contribution in [-0.2, 0) is 4.74 Å². The summed E-state index contributed by atoms with van der Waals surface area (Å²) in [6.45, 7) is 7.58. The van der Waals surface area contributed by atoms with E-state index < -0.39 is 5.82 Å². The smallest absolute Gasteiger partial charge is 0.214 e. The second kappa shape index (κ2) is 12.1. The molecule has 3 aliphatic rings. The number of nitrogen functional groups attached to an aromatic ring is 1. The first-order valence-corrected chi connectivity index (χ1v) is 16.0. The molecule has 234 valence electrons. The average Bonchev–Trinajstić information content (AvgIpc) is 3.58. The van der Waals surface area contributed by atoms with Crippen molar-refractivity contribution in [2.24, 2.45) is 5.92 Å². The van der Waals surface area contributed by atoms with Crippen LogP contribution in [0, 0.1) is 11.7 Å². The predicted molar refractivity (Wildman–Crippen MR) is 174 cm³/mol. The standard InChI is InChI=1S/C34H35BrFN5O4/c1-19-11-22(12-20(2)33(19)45-30-6-4-3-5-27(30)36)41-34(37)25(16-38-41)32(42)29-13-21-14-31(26(35)15-28(21)39-29)44-24-7-9-40(10-8-24)23-17-43-18-23/h3-6,11-16,19,23-24,33,39H,7-10,17-18,37H2,1-2H3. The maximum Gasteiger partial charge on any atom is 0.214 e. The Bertz CT molecular complexity index is 1820. The average molecular weight is 677 g/mol. The van der Waals surface area contributed by atoms with Gasteiger partial charge >= 0.3 is 0 Å². The largest absolute Gasteiger partial charge is 0.489 e. The molecule has 9 nitrogen and oxygen atoms in total. The van der Waals surface area contributed by atoms with Crippen LogP contribution in [0.15, 0.2) is 70.9 Å². The Labute approximate surface area is 268 Å². The maximum absolute atomic E-state index is 14.2. The second-order valence-electron chi connectivity index (χ2n) is 12.1. The zero-order valence-electron chi connectivity index (χ0n) is 25.1. The summed E-state index contributed by atoms with van der Waals surface area (Å²) in [5, 5.41) is 5.33. The number of anilines is 1. The van der Waals surface area contributed by atoms with Crippen molar-refractivity contribution in [3.05, 3.63) is 87.9 Å². The van der Waals surface area contributed by atoms with Crippen LogP contribution in [0.25, 0.3) is 16.6 Å². The number of hydrogen-bond donors (Lipinski definition) is 2. The van der Waals surface area contributed by atoms with Crippen LogP contribution in [-0.4, -0.2) is 70.0 Å². The van der Waals surface area contributed by atoms with Gasteiger partial charge in [-0.25, -0.2) is 9.07 Å². The van der Waals surface area contributed by atoms with Gasteiger partial charge in [0.15, 0.2) is 11.6 Å². The topological polar surface area (TPSA) is 108 Å². The molecule has 2 fully saturated rings. The molecule has 4 aromatic rings. The van der Waals surface area contributed by atoms with Gasteiger partial charge in [0.2, 0.25) is 5.78 Å². The van der Waals surface area contributed by atoms with Gasteiger partial charge in [-0.15, -0.1) is 0 Å². The summed E-state index contributed by atoms with van der Waals surface area (Å²) in [7, 11) is 0. The number of rotatable bonds is 8. The molecule has 2 aromatic heterocycles. The van der Waals surface area contributed by atoms with Crippen molar-refractivity contribution in [3.8, 4) is 11.5 Å². The van der Waals surface area contributed by atoms with Crippen molar-refractivity contribution >= 4 is 44.1 Å². The Morgan fingerprint density at radius 3 is 2.62 bits per heavy atom. The highest BCUT2D eigenvalue weighted by Crippen LogP contribution is 2.35. The highest BCUT2D eigenvalue weighted by atomic mass is 79.9. The van der Waals surface area contributed by atoms with E-state index in [1.807, 2.05) is 44.2 Å². The van der Waals surface area contributed by atoms with Crippen LogP contribution in [0.4, 0.5) is 10.2 Å². The monoisotopic (exact) mass is 675 g/mol. The van der Waals surface area contributed by atoms with E-state index >= 15 is 0 Å². The van der Waals surface area contributed by atoms with E-state index in [0.717, 1.165) is 71.5 Å². The minimum absolute atomic E-state index is 0.0965. The Kier molecular flexibility index (Phi) is 8.01. The molecule has 2 atom stereocenters. The highest BCUT2D eigenvalue weighted by molar-refractivity contribution is 9.10. The third-order valence-corrected chi connectivity index (χ3v) is 9.57. The number of benzene rings is 2. The number of nitrogens with zero attached hydrogens (tertiary/aromatic N) is 3. The number of aromatic nitrogens is 3. The van der Waals surface area contributed by atoms with Gasteiger partial charge in [-0.05, 0) is 77.7 Å². The normalized spacial score (nSPS) is 21.3. The Hall–Kier alpha value is -3.93. The molecule has 11 heteroatoms. The van der Waals surface area contributed by atoms with Gasteiger partial charge in [-0.2, -0.15) is 5.10 Å². The Morgan fingerprint density at radius 1 is 1.13 bits per heavy atom. The summed E-state index contributed by atoms with van der Waals surface area (Å²) in [6.07, 6.45) is 7.07. The van der Waals surface area contributed by atoms with E-state index in [1.165, 1.54) is 12.3 Å². The van der Waals surface area contributed by atoms with Gasteiger partial charge in [0, 0.05) is 29.9 Å². The van der Waals surface area contributed by atoms with Crippen LogP contribution >= 0.6 is 15.9 Å². The fraction of sp³-hybridized carbons (Fsp3) is 0.353. The van der Waals surface area contributed by atoms with Gasteiger partial charge in [-0.3, -0.25) is 9.69 Å². The molecule has 2 unspecified atom stereocenters. The maximum atomic E-state index is 14.2. The van der Waals surface area contributed by atoms with E-state index in [2.05, 4.69) is 30.9 Å². The lowest BCUT2D eigenvalue weighted by atomic mass is 9.91. The summed E-state index contributed by atoms with van der Waals surface area (Å²) in [4.78, 5) is 19.4. The SMILES string of the molecule is CC1=CC(n2ncc(C(=O)c3cc4cc(OC5CCN(C6COC6)CC5)c(Br)cc4[nH]3)c2N)=CC(C)C1Oc1ccccc1F. The minimum atomic E-state index is -0.407. The fourth-order valence-corrected chi connectivity index (χ4v) is 6.78. The zero-order chi connectivity index (χ0) is 31.2. The third kappa shape index (κ3) is 5.80. The minimum Gasteiger partial charge on any atom is -0.489 e. The number of allylic oxidation sites excluding steroid dienone is 2. The van der Waals surface area contributed by atoms with Crippen molar-refractivity contribution in [1.29, 1.82) is 0 Å². The van der Waals surface area contributed by atoms with E-state index in [4.69, 9.17) is 19.9 Å². The van der Waals surface area contributed by atoms with Crippen LogP contribution in [0.5, 0.6) is 11.5 Å². The van der Waals surface area contributed by atoms with Crippen LogP contribution in [0.2, 0.25) is 0 Å². The van der Waals surface area contributed by atoms with E-state index in [1.54, 1.807) is 22.9 Å². The third-order valence-electron chi connectivity index (χ3n) is 8.95. The summed E-state index contributed by atoms with van der Waals surface area (Å²) < 4.78 is 34.4. The summed E-state index contributed by atoms with van der Waals surface area (Å²) in [6, 6.07) is 12.6. The van der Waals surface area contributed by atoms with Crippen LogP contribution in [0.3, 0.4) is 0 Å². The molecule has 0 amide bonds. The molecule has 0 saturated carbocycles. The Morgan fingerprint density at radius 2 is 1.91 bits per heavy atom. The number of halogens is 2. The van der Waals surface area contributed by atoms with Crippen molar-refractivity contribution in [3.63, 3.8) is 0 Å². The molecular weight excluding hydrogens is 641 g/mol. The molecule has 0 spiro atoms. The van der Waals surface area contributed by atoms with Crippen molar-refractivity contribution in [1.82, 2.24) is 19.7 Å². The van der Waals surface area contributed by atoms with Crippen molar-refractivity contribution < 1.29 is 23.4 Å². The number of carbonyl (C=O) groups excluding carboxylic acids is 1. The highest BCUT2D eigenvalue weighted by Gasteiger charge is 2.31. The van der Waals surface area contributed by atoms with Gasteiger partial charge in [0.25, 0.3) is 0 Å². The lowest BCUT2D eigenvalue weighted by molar-refractivity contribution is -0.0778. The quantitative estimate of drug-likeness (QED) is 0.214. The van der Waals surface area contributed by atoms with Crippen molar-refractivity contribution in [2.75, 3.05) is 32.0 Å². The molecule has 45 heavy (non-hydrogen) atoms. The molecule has 7 rings (SSSR count).